The zero-order chi connectivity index (χ0) is 15.0. The largest absolute Gasteiger partial charge is 0.481 e. The van der Waals surface area contributed by atoms with Crippen LogP contribution >= 0.6 is 0 Å². The number of aliphatic carboxylic acids is 1. The van der Waals surface area contributed by atoms with Crippen molar-refractivity contribution in [1.29, 1.82) is 0 Å². The molecule has 1 aliphatic heterocycles. The quantitative estimate of drug-likeness (QED) is 0.878. The number of para-hydroxylation sites is 2. The van der Waals surface area contributed by atoms with E-state index in [1.807, 2.05) is 6.07 Å². The van der Waals surface area contributed by atoms with Crippen LogP contribution in [0, 0.1) is 11.8 Å². The van der Waals surface area contributed by atoms with E-state index >= 15 is 0 Å². The number of anilines is 2. The fourth-order valence-electron chi connectivity index (χ4n) is 2.70. The lowest BCUT2D eigenvalue weighted by atomic mass is 10.2. The molecule has 1 aliphatic carbocycles. The minimum atomic E-state index is -0.932. The fourth-order valence-corrected chi connectivity index (χ4v) is 2.70. The van der Waals surface area contributed by atoms with Gasteiger partial charge in [0.25, 0.3) is 0 Å². The first-order valence-electron chi connectivity index (χ1n) is 7.01. The highest BCUT2D eigenvalue weighted by Gasteiger charge is 2.48. The molecule has 110 valence electrons. The smallest absolute Gasteiger partial charge is 0.307 e. The van der Waals surface area contributed by atoms with Gasteiger partial charge in [-0.2, -0.15) is 0 Å². The van der Waals surface area contributed by atoms with Crippen LogP contribution in [0.5, 0.6) is 0 Å². The van der Waals surface area contributed by atoms with Gasteiger partial charge in [-0.1, -0.05) is 12.1 Å². The number of carbonyl (C=O) groups excluding carboxylic acids is 2. The molecule has 21 heavy (non-hydrogen) atoms. The van der Waals surface area contributed by atoms with Gasteiger partial charge in [-0.05, 0) is 25.0 Å². The van der Waals surface area contributed by atoms with Crippen LogP contribution < -0.4 is 10.2 Å². The molecule has 1 heterocycles. The predicted octanol–water partition coefficient (Wildman–Crippen LogP) is 1.47. The van der Waals surface area contributed by atoms with E-state index in [9.17, 15) is 14.4 Å². The Kier molecular flexibility index (Phi) is 3.37. The molecule has 1 aromatic rings. The Balaban J connectivity index is 1.75. The highest BCUT2D eigenvalue weighted by Crippen LogP contribution is 2.40. The molecule has 2 atom stereocenters. The van der Waals surface area contributed by atoms with Gasteiger partial charge in [-0.3, -0.25) is 14.4 Å². The molecule has 2 amide bonds. The number of benzene rings is 1. The Hall–Kier alpha value is -2.37. The number of hydrogen-bond donors (Lipinski definition) is 2. The lowest BCUT2D eigenvalue weighted by Crippen LogP contribution is -2.26. The second-order valence-corrected chi connectivity index (χ2v) is 5.44. The van der Waals surface area contributed by atoms with Gasteiger partial charge >= 0.3 is 5.97 Å². The maximum absolute atomic E-state index is 12.1. The second kappa shape index (κ2) is 5.20. The molecule has 0 radical (unpaired) electrons. The number of amides is 2. The normalized spacial score (nSPS) is 24.0. The number of carboxylic acid groups (broad SMARTS) is 1. The molecule has 2 N–H and O–H groups in total. The highest BCUT2D eigenvalue weighted by atomic mass is 16.4. The molecule has 3 rings (SSSR count). The molecule has 1 saturated heterocycles. The Morgan fingerprint density at radius 1 is 1.24 bits per heavy atom. The zero-order valence-electron chi connectivity index (χ0n) is 11.4. The van der Waals surface area contributed by atoms with E-state index in [0.717, 1.165) is 6.42 Å². The van der Waals surface area contributed by atoms with Crippen molar-refractivity contribution in [2.75, 3.05) is 16.8 Å². The Bertz CT molecular complexity index is 613. The maximum atomic E-state index is 12.1. The Morgan fingerprint density at radius 2 is 2.00 bits per heavy atom. The van der Waals surface area contributed by atoms with Gasteiger partial charge in [0.15, 0.2) is 0 Å². The SMILES string of the molecule is O=C(O)C1CC1C(=O)Nc1ccccc1N1CCCC1=O. The lowest BCUT2D eigenvalue weighted by molar-refractivity contribution is -0.139. The lowest BCUT2D eigenvalue weighted by Gasteiger charge is -2.19. The average Bonchev–Trinajstić information content (AvgIpc) is 3.16. The Labute approximate surface area is 121 Å². The minimum Gasteiger partial charge on any atom is -0.481 e. The molecule has 0 bridgehead atoms. The van der Waals surface area contributed by atoms with Crippen LogP contribution in [0.3, 0.4) is 0 Å². The summed E-state index contributed by atoms with van der Waals surface area (Å²) in [6.07, 6.45) is 1.71. The number of rotatable bonds is 4. The van der Waals surface area contributed by atoms with Crippen molar-refractivity contribution in [3.05, 3.63) is 24.3 Å². The summed E-state index contributed by atoms with van der Waals surface area (Å²) >= 11 is 0. The second-order valence-electron chi connectivity index (χ2n) is 5.44. The van der Waals surface area contributed by atoms with E-state index in [1.165, 1.54) is 0 Å². The van der Waals surface area contributed by atoms with Crippen molar-refractivity contribution in [2.45, 2.75) is 19.3 Å². The molecule has 1 saturated carbocycles. The summed E-state index contributed by atoms with van der Waals surface area (Å²) in [4.78, 5) is 36.4. The van der Waals surface area contributed by atoms with Crippen molar-refractivity contribution in [3.8, 4) is 0 Å². The number of carbonyl (C=O) groups is 3. The molecule has 0 spiro atoms. The van der Waals surface area contributed by atoms with Gasteiger partial charge in [-0.25, -0.2) is 0 Å². The van der Waals surface area contributed by atoms with Gasteiger partial charge in [-0.15, -0.1) is 0 Å². The monoisotopic (exact) mass is 288 g/mol. The molecular formula is C15H16N2O4. The van der Waals surface area contributed by atoms with Gasteiger partial charge in [0, 0.05) is 13.0 Å². The number of nitrogens with one attached hydrogen (secondary N) is 1. The molecule has 2 unspecified atom stereocenters. The summed E-state index contributed by atoms with van der Waals surface area (Å²) in [5.41, 5.74) is 1.25. The first-order valence-corrected chi connectivity index (χ1v) is 7.01. The van der Waals surface area contributed by atoms with E-state index in [1.54, 1.807) is 23.1 Å². The summed E-state index contributed by atoms with van der Waals surface area (Å²) in [6, 6.07) is 7.12. The van der Waals surface area contributed by atoms with Gasteiger partial charge in [0.05, 0.1) is 23.2 Å². The van der Waals surface area contributed by atoms with Crippen LogP contribution in [-0.4, -0.2) is 29.4 Å². The third kappa shape index (κ3) is 2.61. The first kappa shape index (κ1) is 13.6. The summed E-state index contributed by atoms with van der Waals surface area (Å²) in [5.74, 6) is -2.22. The topological polar surface area (TPSA) is 86.7 Å². The van der Waals surface area contributed by atoms with E-state index in [-0.39, 0.29) is 11.8 Å². The average molecular weight is 288 g/mol. The van der Waals surface area contributed by atoms with Crippen molar-refractivity contribution >= 4 is 29.2 Å². The van der Waals surface area contributed by atoms with Gasteiger partial charge < -0.3 is 15.3 Å². The Morgan fingerprint density at radius 3 is 2.62 bits per heavy atom. The van der Waals surface area contributed by atoms with Crippen LogP contribution in [0.25, 0.3) is 0 Å². The first-order chi connectivity index (χ1) is 10.1. The van der Waals surface area contributed by atoms with E-state index < -0.39 is 17.8 Å². The van der Waals surface area contributed by atoms with E-state index in [2.05, 4.69) is 5.32 Å². The van der Waals surface area contributed by atoms with Crippen LogP contribution in [0.4, 0.5) is 11.4 Å². The minimum absolute atomic E-state index is 0.0477. The van der Waals surface area contributed by atoms with Crippen molar-refractivity contribution < 1.29 is 19.5 Å². The highest BCUT2D eigenvalue weighted by molar-refractivity contribution is 6.04. The molecule has 1 aromatic carbocycles. The summed E-state index contributed by atoms with van der Waals surface area (Å²) in [5, 5.41) is 11.6. The van der Waals surface area contributed by atoms with E-state index in [4.69, 9.17) is 5.11 Å². The zero-order valence-corrected chi connectivity index (χ0v) is 11.4. The molecule has 2 aliphatic rings. The van der Waals surface area contributed by atoms with Crippen LogP contribution in [0.1, 0.15) is 19.3 Å². The predicted molar refractivity (Wildman–Crippen MR) is 75.9 cm³/mol. The van der Waals surface area contributed by atoms with Gasteiger partial charge in [0.1, 0.15) is 0 Å². The van der Waals surface area contributed by atoms with E-state index in [0.29, 0.717) is 30.8 Å². The summed E-state index contributed by atoms with van der Waals surface area (Å²) in [6.45, 7) is 0.646. The molecule has 6 nitrogen and oxygen atoms in total. The third-order valence-electron chi connectivity index (χ3n) is 3.97. The summed E-state index contributed by atoms with van der Waals surface area (Å²) < 4.78 is 0. The fraction of sp³-hybridized carbons (Fsp3) is 0.400. The summed E-state index contributed by atoms with van der Waals surface area (Å²) in [7, 11) is 0. The van der Waals surface area contributed by atoms with Crippen molar-refractivity contribution in [1.82, 2.24) is 0 Å². The van der Waals surface area contributed by atoms with Crippen LogP contribution in [-0.2, 0) is 14.4 Å². The van der Waals surface area contributed by atoms with Crippen LogP contribution in [0.15, 0.2) is 24.3 Å². The molecule has 0 aromatic heterocycles. The molecular weight excluding hydrogens is 272 g/mol. The van der Waals surface area contributed by atoms with Crippen LogP contribution in [0.2, 0.25) is 0 Å². The van der Waals surface area contributed by atoms with Crippen molar-refractivity contribution in [2.24, 2.45) is 11.8 Å². The van der Waals surface area contributed by atoms with Gasteiger partial charge in [0.2, 0.25) is 11.8 Å². The van der Waals surface area contributed by atoms with Crippen molar-refractivity contribution in [3.63, 3.8) is 0 Å². The standard InChI is InChI=1S/C15H16N2O4/c18-13-6-3-7-17(13)12-5-2-1-4-11(12)16-14(19)9-8-10(9)15(20)21/h1-2,4-5,9-10H,3,6-8H2,(H,16,19)(H,20,21). The number of nitrogens with zero attached hydrogens (tertiary/aromatic N) is 1. The molecule has 2 fully saturated rings. The maximum Gasteiger partial charge on any atom is 0.307 e. The number of carboxylic acids is 1. The third-order valence-corrected chi connectivity index (χ3v) is 3.97. The molecule has 6 heteroatoms. The number of hydrogen-bond acceptors (Lipinski definition) is 3.